The highest BCUT2D eigenvalue weighted by Crippen LogP contribution is 2.19. The maximum Gasteiger partial charge on any atom is 0.137 e. The molecule has 0 heterocycles. The van der Waals surface area contributed by atoms with Crippen LogP contribution < -0.4 is 0 Å². The van der Waals surface area contributed by atoms with Crippen molar-refractivity contribution in [1.82, 2.24) is 0 Å². The molecule has 1 radical (unpaired) electrons. The number of benzene rings is 1. The highest BCUT2D eigenvalue weighted by Gasteiger charge is 1.98. The Hall–Kier alpha value is -0.500. The summed E-state index contributed by atoms with van der Waals surface area (Å²) in [6.07, 6.45) is 1.85. The first-order valence-corrected chi connectivity index (χ1v) is 4.12. The van der Waals surface area contributed by atoms with E-state index in [4.69, 9.17) is 0 Å². The van der Waals surface area contributed by atoms with Gasteiger partial charge < -0.3 is 0 Å². The number of thioether (sulfide) groups is 1. The average Bonchev–Trinajstić information content (AvgIpc) is 1.88. The third-order valence-corrected chi connectivity index (χ3v) is 1.99. The molecule has 0 aliphatic carbocycles. The van der Waals surface area contributed by atoms with Crippen molar-refractivity contribution in [3.63, 3.8) is 0 Å². The Labute approximate surface area is 64.4 Å². The van der Waals surface area contributed by atoms with Crippen LogP contribution in [0.25, 0.3) is 0 Å². The van der Waals surface area contributed by atoms with Gasteiger partial charge in [0.15, 0.2) is 0 Å². The monoisotopic (exact) mass is 155 g/mol. The van der Waals surface area contributed by atoms with Crippen LogP contribution in [0, 0.1) is 12.7 Å². The standard InChI is InChI=1S/C8H8FS/c1-6-3-4-8(10-2)7(9)5-6/h3-5H,1H2,2H3. The second-order valence-corrected chi connectivity index (χ2v) is 2.82. The minimum Gasteiger partial charge on any atom is -0.206 e. The Kier molecular flexibility index (Phi) is 2.33. The molecule has 0 saturated heterocycles. The van der Waals surface area contributed by atoms with Gasteiger partial charge in [0.1, 0.15) is 5.82 Å². The Balaban J connectivity index is 3.07. The fourth-order valence-electron chi connectivity index (χ4n) is 0.710. The van der Waals surface area contributed by atoms with E-state index in [9.17, 15) is 4.39 Å². The van der Waals surface area contributed by atoms with E-state index < -0.39 is 0 Å². The third-order valence-electron chi connectivity index (χ3n) is 1.22. The molecular formula is C8H8FS. The van der Waals surface area contributed by atoms with Gasteiger partial charge in [0.05, 0.1) is 0 Å². The summed E-state index contributed by atoms with van der Waals surface area (Å²) < 4.78 is 12.8. The van der Waals surface area contributed by atoms with Crippen LogP contribution in [0.5, 0.6) is 0 Å². The van der Waals surface area contributed by atoms with E-state index in [1.165, 1.54) is 17.8 Å². The number of halogens is 1. The molecule has 0 bridgehead atoms. The Morgan fingerprint density at radius 3 is 2.70 bits per heavy atom. The van der Waals surface area contributed by atoms with Crippen LogP contribution in [0.3, 0.4) is 0 Å². The summed E-state index contributed by atoms with van der Waals surface area (Å²) in [7, 11) is 0. The summed E-state index contributed by atoms with van der Waals surface area (Å²) in [5, 5.41) is 0. The van der Waals surface area contributed by atoms with Gasteiger partial charge in [0.25, 0.3) is 0 Å². The van der Waals surface area contributed by atoms with Crippen LogP contribution in [0.2, 0.25) is 0 Å². The zero-order valence-corrected chi connectivity index (χ0v) is 6.54. The SMILES string of the molecule is [CH2]c1ccc(SC)c(F)c1. The number of hydrogen-bond acceptors (Lipinski definition) is 1. The maximum absolute atomic E-state index is 12.8. The third kappa shape index (κ3) is 1.51. The van der Waals surface area contributed by atoms with Gasteiger partial charge in [-0.1, -0.05) is 6.07 Å². The molecule has 53 valence electrons. The van der Waals surface area contributed by atoms with E-state index in [1.54, 1.807) is 12.1 Å². The molecule has 1 aromatic rings. The summed E-state index contributed by atoms with van der Waals surface area (Å²) in [4.78, 5) is 0.674. The summed E-state index contributed by atoms with van der Waals surface area (Å²) >= 11 is 1.40. The zero-order valence-electron chi connectivity index (χ0n) is 5.73. The first kappa shape index (κ1) is 7.61. The van der Waals surface area contributed by atoms with Crippen LogP contribution in [-0.4, -0.2) is 6.26 Å². The molecule has 0 N–H and O–H groups in total. The number of hydrogen-bond donors (Lipinski definition) is 0. The average molecular weight is 155 g/mol. The molecular weight excluding hydrogens is 147 g/mol. The van der Waals surface area contributed by atoms with Gasteiger partial charge in [-0.25, -0.2) is 4.39 Å². The maximum atomic E-state index is 12.8. The molecule has 0 fully saturated rings. The Bertz CT molecular complexity index is 233. The van der Waals surface area contributed by atoms with Crippen molar-refractivity contribution in [2.45, 2.75) is 4.90 Å². The van der Waals surface area contributed by atoms with E-state index in [0.717, 1.165) is 5.56 Å². The van der Waals surface area contributed by atoms with Gasteiger partial charge in [-0.05, 0) is 30.9 Å². The molecule has 0 aliphatic rings. The van der Waals surface area contributed by atoms with Gasteiger partial charge >= 0.3 is 0 Å². The Morgan fingerprint density at radius 1 is 1.50 bits per heavy atom. The van der Waals surface area contributed by atoms with Gasteiger partial charge in [0.2, 0.25) is 0 Å². The fourth-order valence-corrected chi connectivity index (χ4v) is 1.17. The molecule has 10 heavy (non-hydrogen) atoms. The molecule has 0 saturated carbocycles. The second kappa shape index (κ2) is 3.06. The van der Waals surface area contributed by atoms with Crippen LogP contribution >= 0.6 is 11.8 Å². The Morgan fingerprint density at radius 2 is 2.20 bits per heavy atom. The molecule has 0 nitrogen and oxygen atoms in total. The lowest BCUT2D eigenvalue weighted by Gasteiger charge is -1.98. The molecule has 0 spiro atoms. The predicted octanol–water partition coefficient (Wildman–Crippen LogP) is 2.73. The van der Waals surface area contributed by atoms with E-state index in [2.05, 4.69) is 6.92 Å². The molecule has 0 unspecified atom stereocenters. The van der Waals surface area contributed by atoms with Gasteiger partial charge in [-0.15, -0.1) is 11.8 Å². The van der Waals surface area contributed by atoms with Crippen molar-refractivity contribution in [3.8, 4) is 0 Å². The van der Waals surface area contributed by atoms with Crippen molar-refractivity contribution >= 4 is 11.8 Å². The normalized spacial score (nSPS) is 9.90. The number of rotatable bonds is 1. The molecule has 0 amide bonds. The molecule has 1 rings (SSSR count). The smallest absolute Gasteiger partial charge is 0.137 e. The van der Waals surface area contributed by atoms with Gasteiger partial charge in [0, 0.05) is 4.90 Å². The lowest BCUT2D eigenvalue weighted by Crippen LogP contribution is -1.80. The summed E-state index contributed by atoms with van der Waals surface area (Å²) in [6, 6.07) is 4.98. The van der Waals surface area contributed by atoms with Crippen LogP contribution in [0.1, 0.15) is 5.56 Å². The minimum atomic E-state index is -0.181. The van der Waals surface area contributed by atoms with Gasteiger partial charge in [-0.2, -0.15) is 0 Å². The van der Waals surface area contributed by atoms with E-state index in [-0.39, 0.29) is 5.82 Å². The topological polar surface area (TPSA) is 0 Å². The lowest BCUT2D eigenvalue weighted by molar-refractivity contribution is 0.601. The van der Waals surface area contributed by atoms with Crippen molar-refractivity contribution in [2.75, 3.05) is 6.26 Å². The molecule has 0 aliphatic heterocycles. The fraction of sp³-hybridized carbons (Fsp3) is 0.125. The van der Waals surface area contributed by atoms with Crippen molar-refractivity contribution < 1.29 is 4.39 Å². The highest BCUT2D eigenvalue weighted by atomic mass is 32.2. The summed E-state index contributed by atoms with van der Waals surface area (Å²) in [5.74, 6) is -0.181. The van der Waals surface area contributed by atoms with Crippen LogP contribution in [0.15, 0.2) is 23.1 Å². The van der Waals surface area contributed by atoms with Crippen molar-refractivity contribution in [3.05, 3.63) is 36.5 Å². The second-order valence-electron chi connectivity index (χ2n) is 1.97. The first-order chi connectivity index (χ1) is 4.74. The zero-order chi connectivity index (χ0) is 7.56. The molecule has 0 aromatic heterocycles. The summed E-state index contributed by atoms with van der Waals surface area (Å²) in [5.41, 5.74) is 0.718. The van der Waals surface area contributed by atoms with Crippen molar-refractivity contribution in [1.29, 1.82) is 0 Å². The van der Waals surface area contributed by atoms with E-state index in [0.29, 0.717) is 4.90 Å². The molecule has 1 aromatic carbocycles. The highest BCUT2D eigenvalue weighted by molar-refractivity contribution is 7.98. The lowest BCUT2D eigenvalue weighted by atomic mass is 10.2. The largest absolute Gasteiger partial charge is 0.206 e. The van der Waals surface area contributed by atoms with E-state index >= 15 is 0 Å². The molecule has 0 atom stereocenters. The van der Waals surface area contributed by atoms with E-state index in [1.807, 2.05) is 6.26 Å². The quantitative estimate of drug-likeness (QED) is 0.562. The minimum absolute atomic E-state index is 0.181. The van der Waals surface area contributed by atoms with Crippen LogP contribution in [0.4, 0.5) is 4.39 Å². The molecule has 2 heteroatoms. The van der Waals surface area contributed by atoms with Crippen LogP contribution in [-0.2, 0) is 0 Å². The summed E-state index contributed by atoms with van der Waals surface area (Å²) in [6.45, 7) is 3.61. The predicted molar refractivity (Wildman–Crippen MR) is 42.6 cm³/mol. The first-order valence-electron chi connectivity index (χ1n) is 2.89. The van der Waals surface area contributed by atoms with Crippen molar-refractivity contribution in [2.24, 2.45) is 0 Å². The van der Waals surface area contributed by atoms with Gasteiger partial charge in [-0.3, -0.25) is 0 Å².